The number of carbonyl (C=O) groups excluding carboxylic acids is 1. The van der Waals surface area contributed by atoms with Gasteiger partial charge in [0.15, 0.2) is 0 Å². The summed E-state index contributed by atoms with van der Waals surface area (Å²) in [5.41, 5.74) is 0.574. The topological polar surface area (TPSA) is 41.1 Å². The van der Waals surface area contributed by atoms with Gasteiger partial charge < -0.3 is 10.6 Å². The molecule has 1 aromatic rings. The highest BCUT2D eigenvalue weighted by Gasteiger charge is 2.05. The van der Waals surface area contributed by atoms with E-state index in [0.29, 0.717) is 28.9 Å². The van der Waals surface area contributed by atoms with Crippen molar-refractivity contribution in [1.29, 1.82) is 0 Å². The molecule has 0 heterocycles. The summed E-state index contributed by atoms with van der Waals surface area (Å²) < 4.78 is 24.0. The van der Waals surface area contributed by atoms with Gasteiger partial charge in [0.1, 0.15) is 0 Å². The van der Waals surface area contributed by atoms with Crippen LogP contribution in [0.4, 0.5) is 19.3 Å². The van der Waals surface area contributed by atoms with E-state index >= 15 is 0 Å². The second kappa shape index (κ2) is 6.32. The maximum absolute atomic E-state index is 12.0. The monoisotopic (exact) mass is 246 g/mol. The van der Waals surface area contributed by atoms with Crippen molar-refractivity contribution in [2.24, 2.45) is 0 Å². The summed E-state index contributed by atoms with van der Waals surface area (Å²) >= 11 is 0.475. The van der Waals surface area contributed by atoms with Gasteiger partial charge in [0.25, 0.3) is 5.76 Å². The summed E-state index contributed by atoms with van der Waals surface area (Å²) in [6.45, 7) is 2.34. The molecule has 0 saturated carbocycles. The Morgan fingerprint density at radius 3 is 2.50 bits per heavy atom. The molecular formula is C10H12F2N2OS. The van der Waals surface area contributed by atoms with Crippen LogP contribution in [0.25, 0.3) is 0 Å². The Morgan fingerprint density at radius 1 is 1.38 bits per heavy atom. The van der Waals surface area contributed by atoms with Crippen LogP contribution in [-0.4, -0.2) is 18.3 Å². The molecule has 0 radical (unpaired) electrons. The van der Waals surface area contributed by atoms with Crippen molar-refractivity contribution in [2.45, 2.75) is 17.6 Å². The number of hydrogen-bond acceptors (Lipinski definition) is 2. The van der Waals surface area contributed by atoms with E-state index in [1.165, 1.54) is 0 Å². The summed E-state index contributed by atoms with van der Waals surface area (Å²) in [5, 5.41) is 5.14. The number of benzene rings is 1. The van der Waals surface area contributed by atoms with Gasteiger partial charge in [0.2, 0.25) is 0 Å². The third kappa shape index (κ3) is 4.48. The lowest BCUT2D eigenvalue weighted by Gasteiger charge is -2.06. The van der Waals surface area contributed by atoms with E-state index in [9.17, 15) is 13.6 Å². The lowest BCUT2D eigenvalue weighted by atomic mass is 10.3. The summed E-state index contributed by atoms with van der Waals surface area (Å²) in [6.07, 6.45) is 0. The standard InChI is InChI=1S/C10H12F2N2OS/c1-2-13-10(15)14-7-3-5-8(6-4-7)16-9(11)12/h3-6,9H,2H2,1H3,(H2,13,14,15). The molecule has 0 fully saturated rings. The van der Waals surface area contributed by atoms with Gasteiger partial charge >= 0.3 is 6.03 Å². The Kier molecular flexibility index (Phi) is 5.04. The average molecular weight is 246 g/mol. The summed E-state index contributed by atoms with van der Waals surface area (Å²) in [6, 6.07) is 5.94. The van der Waals surface area contributed by atoms with Crippen molar-refractivity contribution >= 4 is 23.5 Å². The number of urea groups is 1. The zero-order chi connectivity index (χ0) is 12.0. The zero-order valence-electron chi connectivity index (χ0n) is 8.67. The molecule has 6 heteroatoms. The van der Waals surface area contributed by atoms with Crippen LogP contribution in [0.5, 0.6) is 0 Å². The minimum absolute atomic E-state index is 0.309. The quantitative estimate of drug-likeness (QED) is 0.801. The fourth-order valence-electron chi connectivity index (χ4n) is 1.06. The Labute approximate surface area is 96.6 Å². The molecule has 0 aliphatic heterocycles. The highest BCUT2D eigenvalue weighted by molar-refractivity contribution is 7.99. The first-order chi connectivity index (χ1) is 7.61. The molecule has 0 aromatic heterocycles. The van der Waals surface area contributed by atoms with E-state index in [2.05, 4.69) is 10.6 Å². The van der Waals surface area contributed by atoms with E-state index in [1.54, 1.807) is 24.3 Å². The van der Waals surface area contributed by atoms with Crippen LogP contribution >= 0.6 is 11.8 Å². The van der Waals surface area contributed by atoms with Crippen molar-refractivity contribution in [3.8, 4) is 0 Å². The molecule has 2 amide bonds. The van der Waals surface area contributed by atoms with Gasteiger partial charge in [-0.15, -0.1) is 0 Å². The van der Waals surface area contributed by atoms with Crippen LogP contribution in [0.15, 0.2) is 29.2 Å². The Bertz CT molecular complexity index is 343. The van der Waals surface area contributed by atoms with E-state index in [0.717, 1.165) is 0 Å². The third-order valence-electron chi connectivity index (χ3n) is 1.67. The smallest absolute Gasteiger partial charge is 0.319 e. The van der Waals surface area contributed by atoms with E-state index in [4.69, 9.17) is 0 Å². The number of alkyl halides is 2. The van der Waals surface area contributed by atoms with Gasteiger partial charge in [-0.2, -0.15) is 8.78 Å². The number of rotatable bonds is 4. The number of nitrogens with one attached hydrogen (secondary N) is 2. The SMILES string of the molecule is CCNC(=O)Nc1ccc(SC(F)F)cc1. The molecule has 1 aromatic carbocycles. The molecule has 0 spiro atoms. The van der Waals surface area contributed by atoms with Crippen molar-refractivity contribution in [2.75, 3.05) is 11.9 Å². The molecule has 0 atom stereocenters. The summed E-state index contributed by atoms with van der Waals surface area (Å²) in [4.78, 5) is 11.6. The molecular weight excluding hydrogens is 234 g/mol. The van der Waals surface area contributed by atoms with Crippen molar-refractivity contribution in [3.05, 3.63) is 24.3 Å². The van der Waals surface area contributed by atoms with Crippen LogP contribution in [0, 0.1) is 0 Å². The fourth-order valence-corrected chi connectivity index (χ4v) is 1.55. The summed E-state index contributed by atoms with van der Waals surface area (Å²) in [5.74, 6) is -2.43. The third-order valence-corrected chi connectivity index (χ3v) is 2.40. The Hall–Kier alpha value is -1.30. The molecule has 16 heavy (non-hydrogen) atoms. The molecule has 0 bridgehead atoms. The van der Waals surface area contributed by atoms with Crippen molar-refractivity contribution in [1.82, 2.24) is 5.32 Å². The first-order valence-corrected chi connectivity index (χ1v) is 5.59. The number of amides is 2. The first kappa shape index (κ1) is 12.8. The number of halogens is 2. The molecule has 0 saturated heterocycles. The highest BCUT2D eigenvalue weighted by Crippen LogP contribution is 2.25. The van der Waals surface area contributed by atoms with Crippen LogP contribution < -0.4 is 10.6 Å². The lowest BCUT2D eigenvalue weighted by Crippen LogP contribution is -2.28. The second-order valence-corrected chi connectivity index (χ2v) is 3.95. The van der Waals surface area contributed by atoms with Gasteiger partial charge in [0, 0.05) is 17.1 Å². The molecule has 0 aliphatic rings. The number of anilines is 1. The first-order valence-electron chi connectivity index (χ1n) is 4.71. The molecule has 88 valence electrons. The van der Waals surface area contributed by atoms with E-state index in [1.807, 2.05) is 6.92 Å². The highest BCUT2D eigenvalue weighted by atomic mass is 32.2. The maximum Gasteiger partial charge on any atom is 0.319 e. The van der Waals surface area contributed by atoms with Crippen LogP contribution in [0.3, 0.4) is 0 Å². The van der Waals surface area contributed by atoms with Crippen LogP contribution in [-0.2, 0) is 0 Å². The van der Waals surface area contributed by atoms with Crippen molar-refractivity contribution in [3.63, 3.8) is 0 Å². The number of hydrogen-bond donors (Lipinski definition) is 2. The van der Waals surface area contributed by atoms with Crippen LogP contribution in [0.1, 0.15) is 6.92 Å². The van der Waals surface area contributed by atoms with E-state index < -0.39 is 5.76 Å². The predicted molar refractivity (Wildman–Crippen MR) is 61.0 cm³/mol. The lowest BCUT2D eigenvalue weighted by molar-refractivity contribution is 0.251. The Balaban J connectivity index is 2.54. The van der Waals surface area contributed by atoms with E-state index in [-0.39, 0.29) is 6.03 Å². The Morgan fingerprint density at radius 2 is 2.00 bits per heavy atom. The summed E-state index contributed by atoms with van der Waals surface area (Å²) in [7, 11) is 0. The fraction of sp³-hybridized carbons (Fsp3) is 0.300. The maximum atomic E-state index is 12.0. The van der Waals surface area contributed by atoms with Gasteiger partial charge in [-0.05, 0) is 31.2 Å². The minimum Gasteiger partial charge on any atom is -0.338 e. The molecule has 0 aliphatic carbocycles. The molecule has 3 nitrogen and oxygen atoms in total. The number of thioether (sulfide) groups is 1. The molecule has 2 N–H and O–H groups in total. The largest absolute Gasteiger partial charge is 0.338 e. The van der Waals surface area contributed by atoms with Gasteiger partial charge in [0.05, 0.1) is 0 Å². The minimum atomic E-state index is -2.43. The van der Waals surface area contributed by atoms with Crippen molar-refractivity contribution < 1.29 is 13.6 Å². The number of carbonyl (C=O) groups is 1. The second-order valence-electron chi connectivity index (χ2n) is 2.89. The van der Waals surface area contributed by atoms with Gasteiger partial charge in [-0.25, -0.2) is 4.79 Å². The zero-order valence-corrected chi connectivity index (χ0v) is 9.48. The van der Waals surface area contributed by atoms with Crippen LogP contribution in [0.2, 0.25) is 0 Å². The normalized spacial score (nSPS) is 10.2. The predicted octanol–water partition coefficient (Wildman–Crippen LogP) is 3.14. The molecule has 0 unspecified atom stereocenters. The van der Waals surface area contributed by atoms with Gasteiger partial charge in [-0.1, -0.05) is 11.8 Å². The average Bonchev–Trinajstić information content (AvgIpc) is 2.20. The van der Waals surface area contributed by atoms with Gasteiger partial charge in [-0.3, -0.25) is 0 Å². The molecule has 1 rings (SSSR count).